The van der Waals surface area contributed by atoms with Gasteiger partial charge in [0.25, 0.3) is 0 Å². The molecular weight excluding hydrogens is 314 g/mol. The number of halogens is 2. The van der Waals surface area contributed by atoms with E-state index in [2.05, 4.69) is 15.2 Å². The van der Waals surface area contributed by atoms with Gasteiger partial charge in [0.2, 0.25) is 11.7 Å². The summed E-state index contributed by atoms with van der Waals surface area (Å²) >= 11 is 0. The van der Waals surface area contributed by atoms with Gasteiger partial charge in [-0.05, 0) is 44.0 Å². The molecule has 126 valence electrons. The lowest BCUT2D eigenvalue weighted by molar-refractivity contribution is 0.358. The highest BCUT2D eigenvalue weighted by Gasteiger charge is 2.20. The highest BCUT2D eigenvalue weighted by molar-refractivity contribution is 5.54. The van der Waals surface area contributed by atoms with Crippen molar-refractivity contribution in [2.24, 2.45) is 7.05 Å². The van der Waals surface area contributed by atoms with Crippen molar-refractivity contribution in [3.8, 4) is 11.4 Å². The Hall–Kier alpha value is -2.57. The van der Waals surface area contributed by atoms with Crippen LogP contribution in [0.5, 0.6) is 0 Å². The summed E-state index contributed by atoms with van der Waals surface area (Å²) in [6.07, 6.45) is 0.713. The van der Waals surface area contributed by atoms with Crippen LogP contribution in [0.4, 0.5) is 8.78 Å². The van der Waals surface area contributed by atoms with Gasteiger partial charge in [0.1, 0.15) is 0 Å². The molecule has 1 atom stereocenters. The number of rotatable bonds is 4. The summed E-state index contributed by atoms with van der Waals surface area (Å²) in [5.74, 6) is -1.15. The molecule has 0 amide bonds. The Balaban J connectivity index is 1.83. The highest BCUT2D eigenvalue weighted by atomic mass is 19.2. The minimum absolute atomic E-state index is 0.0156. The van der Waals surface area contributed by atoms with Crippen LogP contribution in [-0.4, -0.2) is 19.9 Å². The normalized spacial score (nSPS) is 12.6. The van der Waals surface area contributed by atoms with Crippen molar-refractivity contribution in [3.63, 3.8) is 0 Å². The van der Waals surface area contributed by atoms with Gasteiger partial charge in [-0.15, -0.1) is 0 Å². The standard InChI is InChI=1S/C17H18F2N4O/c1-9(7-13-10(2)21-23(4)11(13)3)17-20-16(22-24-17)12-5-6-14(18)15(19)8-12/h5-6,8-9H,7H2,1-4H3. The quantitative estimate of drug-likeness (QED) is 0.731. The maximum atomic E-state index is 13.3. The van der Waals surface area contributed by atoms with Crippen molar-refractivity contribution in [2.75, 3.05) is 0 Å². The zero-order valence-electron chi connectivity index (χ0n) is 14.0. The minimum atomic E-state index is -0.937. The molecule has 1 unspecified atom stereocenters. The maximum Gasteiger partial charge on any atom is 0.230 e. The zero-order chi connectivity index (χ0) is 17.4. The largest absolute Gasteiger partial charge is 0.339 e. The molecule has 2 aromatic heterocycles. The van der Waals surface area contributed by atoms with E-state index < -0.39 is 11.6 Å². The molecule has 3 aromatic rings. The number of aromatic nitrogens is 4. The first kappa shape index (κ1) is 16.3. The molecule has 0 spiro atoms. The second-order valence-corrected chi connectivity index (χ2v) is 5.96. The molecule has 24 heavy (non-hydrogen) atoms. The molecule has 5 nitrogen and oxygen atoms in total. The fourth-order valence-corrected chi connectivity index (χ4v) is 2.69. The lowest BCUT2D eigenvalue weighted by atomic mass is 9.99. The van der Waals surface area contributed by atoms with E-state index in [4.69, 9.17) is 4.52 Å². The summed E-state index contributed by atoms with van der Waals surface area (Å²) in [7, 11) is 1.91. The van der Waals surface area contributed by atoms with Crippen molar-refractivity contribution < 1.29 is 13.3 Å². The fourth-order valence-electron chi connectivity index (χ4n) is 2.69. The molecule has 0 radical (unpaired) electrons. The number of aryl methyl sites for hydroxylation is 2. The summed E-state index contributed by atoms with van der Waals surface area (Å²) < 4.78 is 33.5. The van der Waals surface area contributed by atoms with Crippen LogP contribution in [0, 0.1) is 25.5 Å². The van der Waals surface area contributed by atoms with Crippen LogP contribution in [0.25, 0.3) is 11.4 Å². The molecule has 0 aliphatic rings. The molecule has 2 heterocycles. The Morgan fingerprint density at radius 3 is 2.58 bits per heavy atom. The van der Waals surface area contributed by atoms with Crippen molar-refractivity contribution in [3.05, 3.63) is 52.7 Å². The Morgan fingerprint density at radius 1 is 1.21 bits per heavy atom. The third-order valence-corrected chi connectivity index (χ3v) is 4.21. The molecular formula is C17H18F2N4O. The highest BCUT2D eigenvalue weighted by Crippen LogP contribution is 2.25. The third kappa shape index (κ3) is 2.93. The lowest BCUT2D eigenvalue weighted by Gasteiger charge is -2.06. The molecule has 0 N–H and O–H groups in total. The van der Waals surface area contributed by atoms with E-state index in [9.17, 15) is 8.78 Å². The van der Waals surface area contributed by atoms with E-state index in [-0.39, 0.29) is 11.7 Å². The van der Waals surface area contributed by atoms with E-state index in [1.165, 1.54) is 6.07 Å². The summed E-state index contributed by atoms with van der Waals surface area (Å²) in [6, 6.07) is 3.53. The first-order valence-electron chi connectivity index (χ1n) is 7.65. The minimum Gasteiger partial charge on any atom is -0.339 e. The summed E-state index contributed by atoms with van der Waals surface area (Å²) in [5, 5.41) is 8.27. The fraction of sp³-hybridized carbons (Fsp3) is 0.353. The third-order valence-electron chi connectivity index (χ3n) is 4.21. The van der Waals surface area contributed by atoms with E-state index >= 15 is 0 Å². The van der Waals surface area contributed by atoms with Crippen LogP contribution >= 0.6 is 0 Å². The average molecular weight is 332 g/mol. The Labute approximate surface area is 138 Å². The first-order chi connectivity index (χ1) is 11.4. The molecule has 0 bridgehead atoms. The average Bonchev–Trinajstić information content (AvgIpc) is 3.11. The Morgan fingerprint density at radius 2 is 1.96 bits per heavy atom. The molecule has 0 fully saturated rings. The number of nitrogens with zero attached hydrogens (tertiary/aromatic N) is 4. The summed E-state index contributed by atoms with van der Waals surface area (Å²) in [5.41, 5.74) is 3.60. The second-order valence-electron chi connectivity index (χ2n) is 5.96. The lowest BCUT2D eigenvalue weighted by Crippen LogP contribution is -2.02. The molecule has 0 aliphatic carbocycles. The summed E-state index contributed by atoms with van der Waals surface area (Å²) in [4.78, 5) is 4.32. The van der Waals surface area contributed by atoms with Gasteiger partial charge >= 0.3 is 0 Å². The number of hydrogen-bond acceptors (Lipinski definition) is 4. The van der Waals surface area contributed by atoms with Crippen molar-refractivity contribution >= 4 is 0 Å². The Kier molecular flexibility index (Phi) is 4.17. The maximum absolute atomic E-state index is 13.3. The van der Waals surface area contributed by atoms with E-state index in [1.807, 2.05) is 32.5 Å². The van der Waals surface area contributed by atoms with E-state index in [1.54, 1.807) is 0 Å². The SMILES string of the molecule is Cc1nn(C)c(C)c1CC(C)c1nc(-c2ccc(F)c(F)c2)no1. The second kappa shape index (κ2) is 6.14. The van der Waals surface area contributed by atoms with E-state index in [0.717, 1.165) is 29.1 Å². The number of hydrogen-bond donors (Lipinski definition) is 0. The van der Waals surface area contributed by atoms with Gasteiger partial charge in [0.05, 0.1) is 5.69 Å². The molecule has 1 aromatic carbocycles. The smallest absolute Gasteiger partial charge is 0.230 e. The monoisotopic (exact) mass is 332 g/mol. The van der Waals surface area contributed by atoms with Crippen LogP contribution in [0.1, 0.15) is 35.7 Å². The van der Waals surface area contributed by atoms with E-state index in [0.29, 0.717) is 17.9 Å². The van der Waals surface area contributed by atoms with Crippen molar-refractivity contribution in [2.45, 2.75) is 33.1 Å². The predicted molar refractivity (Wildman–Crippen MR) is 84.5 cm³/mol. The van der Waals surface area contributed by atoms with Crippen LogP contribution in [-0.2, 0) is 13.5 Å². The van der Waals surface area contributed by atoms with Crippen LogP contribution < -0.4 is 0 Å². The topological polar surface area (TPSA) is 56.7 Å². The van der Waals surface area contributed by atoms with Gasteiger partial charge in [-0.3, -0.25) is 4.68 Å². The Bertz CT molecular complexity index is 885. The molecule has 0 aliphatic heterocycles. The zero-order valence-corrected chi connectivity index (χ0v) is 14.0. The van der Waals surface area contributed by atoms with Crippen molar-refractivity contribution in [1.82, 2.24) is 19.9 Å². The number of benzene rings is 1. The molecule has 7 heteroatoms. The first-order valence-corrected chi connectivity index (χ1v) is 7.65. The van der Waals surface area contributed by atoms with Gasteiger partial charge < -0.3 is 4.52 Å². The van der Waals surface area contributed by atoms with Gasteiger partial charge in [-0.25, -0.2) is 8.78 Å². The van der Waals surface area contributed by atoms with Gasteiger partial charge in [-0.2, -0.15) is 10.1 Å². The summed E-state index contributed by atoms with van der Waals surface area (Å²) in [6.45, 7) is 5.96. The predicted octanol–water partition coefficient (Wildman–Crippen LogP) is 3.71. The van der Waals surface area contributed by atoms with Gasteiger partial charge in [-0.1, -0.05) is 12.1 Å². The van der Waals surface area contributed by atoms with Crippen LogP contribution in [0.3, 0.4) is 0 Å². The molecule has 0 saturated carbocycles. The van der Waals surface area contributed by atoms with Gasteiger partial charge in [0, 0.05) is 24.2 Å². The molecule has 0 saturated heterocycles. The van der Waals surface area contributed by atoms with Gasteiger partial charge in [0.15, 0.2) is 11.6 Å². The molecule has 3 rings (SSSR count). The van der Waals surface area contributed by atoms with Crippen molar-refractivity contribution in [1.29, 1.82) is 0 Å². The van der Waals surface area contributed by atoms with Crippen LogP contribution in [0.2, 0.25) is 0 Å². The van der Waals surface area contributed by atoms with Crippen LogP contribution in [0.15, 0.2) is 22.7 Å².